The number of hydrogen-bond acceptors (Lipinski definition) is 2. The smallest absolute Gasteiger partial charge is 0.0246 e. The Labute approximate surface area is 88.1 Å². The van der Waals surface area contributed by atoms with Crippen LogP contribution in [0.3, 0.4) is 0 Å². The van der Waals surface area contributed by atoms with Crippen LogP contribution < -0.4 is 5.32 Å². The first kappa shape index (κ1) is 10.4. The zero-order valence-electron chi connectivity index (χ0n) is 9.63. The Balaban J connectivity index is 1.91. The molecule has 2 nitrogen and oxygen atoms in total. The summed E-state index contributed by atoms with van der Waals surface area (Å²) in [5.74, 6) is 1.81. The highest BCUT2D eigenvalue weighted by Crippen LogP contribution is 2.23. The second kappa shape index (κ2) is 4.63. The molecule has 3 atom stereocenters. The minimum atomic E-state index is 0.812. The molecule has 2 aliphatic rings. The molecule has 0 radical (unpaired) electrons. The molecule has 0 aliphatic carbocycles. The van der Waals surface area contributed by atoms with Gasteiger partial charge in [-0.2, -0.15) is 0 Å². The monoisotopic (exact) mass is 196 g/mol. The highest BCUT2D eigenvalue weighted by Gasteiger charge is 2.29. The molecule has 0 aromatic carbocycles. The van der Waals surface area contributed by atoms with Crippen molar-refractivity contribution in [3.8, 4) is 0 Å². The summed E-state index contributed by atoms with van der Waals surface area (Å²) in [4.78, 5) is 2.73. The van der Waals surface area contributed by atoms with Gasteiger partial charge in [0.15, 0.2) is 0 Å². The Morgan fingerprint density at radius 3 is 2.79 bits per heavy atom. The van der Waals surface area contributed by atoms with Crippen molar-refractivity contribution in [2.75, 3.05) is 26.2 Å². The topological polar surface area (TPSA) is 15.3 Å². The summed E-state index contributed by atoms with van der Waals surface area (Å²) in [6.45, 7) is 9.92. The summed E-state index contributed by atoms with van der Waals surface area (Å²) in [5.41, 5.74) is 0. The van der Waals surface area contributed by atoms with E-state index in [1.165, 1.54) is 45.4 Å². The minimum Gasteiger partial charge on any atom is -0.315 e. The highest BCUT2D eigenvalue weighted by molar-refractivity contribution is 4.85. The van der Waals surface area contributed by atoms with E-state index in [1.54, 1.807) is 0 Å². The van der Waals surface area contributed by atoms with Crippen LogP contribution in [-0.2, 0) is 0 Å². The van der Waals surface area contributed by atoms with Crippen LogP contribution in [0.2, 0.25) is 0 Å². The normalized spacial score (nSPS) is 41.1. The van der Waals surface area contributed by atoms with Gasteiger partial charge in [-0.3, -0.25) is 4.90 Å². The first-order chi connectivity index (χ1) is 6.77. The van der Waals surface area contributed by atoms with Crippen molar-refractivity contribution >= 4 is 0 Å². The third kappa shape index (κ3) is 2.29. The lowest BCUT2D eigenvalue weighted by atomic mass is 9.90. The van der Waals surface area contributed by atoms with Crippen LogP contribution in [0.15, 0.2) is 0 Å². The quantitative estimate of drug-likeness (QED) is 0.687. The zero-order chi connectivity index (χ0) is 9.97. The Bertz CT molecular complexity index is 181. The van der Waals surface area contributed by atoms with Gasteiger partial charge >= 0.3 is 0 Å². The summed E-state index contributed by atoms with van der Waals surface area (Å²) in [6.07, 6.45) is 4.20. The van der Waals surface area contributed by atoms with Gasteiger partial charge in [0.1, 0.15) is 0 Å². The van der Waals surface area contributed by atoms with Crippen LogP contribution in [0.25, 0.3) is 0 Å². The van der Waals surface area contributed by atoms with Gasteiger partial charge < -0.3 is 5.32 Å². The molecule has 0 aromatic heterocycles. The lowest BCUT2D eigenvalue weighted by molar-refractivity contribution is 0.0801. The number of nitrogens with zero attached hydrogens (tertiary/aromatic N) is 1. The van der Waals surface area contributed by atoms with Gasteiger partial charge in [-0.1, -0.05) is 13.8 Å². The van der Waals surface area contributed by atoms with E-state index in [1.807, 2.05) is 0 Å². The van der Waals surface area contributed by atoms with Crippen molar-refractivity contribution < 1.29 is 0 Å². The highest BCUT2D eigenvalue weighted by atomic mass is 15.2. The molecule has 2 heterocycles. The Morgan fingerprint density at radius 2 is 2.07 bits per heavy atom. The summed E-state index contributed by atoms with van der Waals surface area (Å²) in [7, 11) is 0. The predicted molar refractivity (Wildman–Crippen MR) is 60.4 cm³/mol. The second-order valence-corrected chi connectivity index (χ2v) is 5.28. The first-order valence-electron chi connectivity index (χ1n) is 6.22. The van der Waals surface area contributed by atoms with Crippen molar-refractivity contribution in [3.05, 3.63) is 0 Å². The lowest BCUT2D eigenvalue weighted by Gasteiger charge is -2.42. The Hall–Kier alpha value is -0.0800. The summed E-state index contributed by atoms with van der Waals surface area (Å²) in [6, 6.07) is 0.812. The lowest BCUT2D eigenvalue weighted by Crippen LogP contribution is -2.53. The van der Waals surface area contributed by atoms with Gasteiger partial charge in [0.2, 0.25) is 0 Å². The fourth-order valence-corrected chi connectivity index (χ4v) is 2.99. The molecular formula is C12H24N2. The van der Waals surface area contributed by atoms with Gasteiger partial charge in [0.05, 0.1) is 0 Å². The average molecular weight is 196 g/mol. The van der Waals surface area contributed by atoms with Gasteiger partial charge in [0, 0.05) is 19.1 Å². The van der Waals surface area contributed by atoms with Crippen molar-refractivity contribution in [2.24, 2.45) is 11.8 Å². The van der Waals surface area contributed by atoms with E-state index in [0.717, 1.165) is 17.9 Å². The summed E-state index contributed by atoms with van der Waals surface area (Å²) < 4.78 is 0. The largest absolute Gasteiger partial charge is 0.315 e. The van der Waals surface area contributed by atoms with E-state index in [0.29, 0.717) is 0 Å². The van der Waals surface area contributed by atoms with Crippen LogP contribution in [0.5, 0.6) is 0 Å². The number of rotatable bonds is 1. The summed E-state index contributed by atoms with van der Waals surface area (Å²) in [5, 5.41) is 3.54. The van der Waals surface area contributed by atoms with Crippen molar-refractivity contribution in [1.29, 1.82) is 0 Å². The van der Waals surface area contributed by atoms with E-state index < -0.39 is 0 Å². The molecule has 2 heteroatoms. The van der Waals surface area contributed by atoms with Crippen molar-refractivity contribution in [1.82, 2.24) is 10.2 Å². The SMILES string of the molecule is CC1CCCN(C2CNCCC2C)C1. The molecule has 0 spiro atoms. The minimum absolute atomic E-state index is 0.812. The van der Waals surface area contributed by atoms with Crippen LogP contribution in [0.1, 0.15) is 33.1 Å². The van der Waals surface area contributed by atoms with Gasteiger partial charge in [-0.25, -0.2) is 0 Å². The number of nitrogens with one attached hydrogen (secondary N) is 1. The summed E-state index contributed by atoms with van der Waals surface area (Å²) >= 11 is 0. The van der Waals surface area contributed by atoms with E-state index in [4.69, 9.17) is 0 Å². The molecule has 14 heavy (non-hydrogen) atoms. The van der Waals surface area contributed by atoms with Gasteiger partial charge in [0.25, 0.3) is 0 Å². The molecule has 0 amide bonds. The maximum absolute atomic E-state index is 3.54. The van der Waals surface area contributed by atoms with E-state index in [-0.39, 0.29) is 0 Å². The third-order valence-electron chi connectivity index (χ3n) is 3.94. The van der Waals surface area contributed by atoms with Gasteiger partial charge in [-0.05, 0) is 44.2 Å². The molecule has 2 rings (SSSR count). The Kier molecular flexibility index (Phi) is 3.45. The van der Waals surface area contributed by atoms with E-state index in [2.05, 4.69) is 24.1 Å². The molecular weight excluding hydrogens is 172 g/mol. The number of hydrogen-bond donors (Lipinski definition) is 1. The van der Waals surface area contributed by atoms with Gasteiger partial charge in [-0.15, -0.1) is 0 Å². The second-order valence-electron chi connectivity index (χ2n) is 5.28. The third-order valence-corrected chi connectivity index (χ3v) is 3.94. The molecule has 1 N–H and O–H groups in total. The van der Waals surface area contributed by atoms with Crippen LogP contribution in [0.4, 0.5) is 0 Å². The molecule has 3 unspecified atom stereocenters. The zero-order valence-corrected chi connectivity index (χ0v) is 9.63. The number of likely N-dealkylation sites (tertiary alicyclic amines) is 1. The maximum Gasteiger partial charge on any atom is 0.0246 e. The molecule has 82 valence electrons. The van der Waals surface area contributed by atoms with Crippen LogP contribution >= 0.6 is 0 Å². The Morgan fingerprint density at radius 1 is 1.21 bits per heavy atom. The van der Waals surface area contributed by atoms with Crippen molar-refractivity contribution in [2.45, 2.75) is 39.2 Å². The fraction of sp³-hybridized carbons (Fsp3) is 1.00. The fourth-order valence-electron chi connectivity index (χ4n) is 2.99. The molecule has 0 bridgehead atoms. The molecule has 2 saturated heterocycles. The number of piperidine rings is 2. The first-order valence-corrected chi connectivity index (χ1v) is 6.22. The average Bonchev–Trinajstić information content (AvgIpc) is 2.18. The predicted octanol–water partition coefficient (Wildman–Crippen LogP) is 1.72. The molecule has 0 saturated carbocycles. The van der Waals surface area contributed by atoms with E-state index in [9.17, 15) is 0 Å². The standard InChI is InChI=1S/C12H24N2/c1-10-4-3-7-14(9-10)12-8-13-6-5-11(12)2/h10-13H,3-9H2,1-2H3. The van der Waals surface area contributed by atoms with Crippen molar-refractivity contribution in [3.63, 3.8) is 0 Å². The maximum atomic E-state index is 3.54. The molecule has 2 fully saturated rings. The molecule has 2 aliphatic heterocycles. The molecule has 0 aromatic rings. The van der Waals surface area contributed by atoms with Crippen LogP contribution in [0, 0.1) is 11.8 Å². The van der Waals surface area contributed by atoms with E-state index >= 15 is 0 Å². The van der Waals surface area contributed by atoms with Crippen LogP contribution in [-0.4, -0.2) is 37.1 Å².